The molecule has 0 heterocycles. The van der Waals surface area contributed by atoms with Gasteiger partial charge in [0.25, 0.3) is 5.91 Å². The molecule has 0 atom stereocenters. The maximum absolute atomic E-state index is 13.4. The normalized spacial score (nSPS) is 10.3. The maximum Gasteiger partial charge on any atom is 0.258 e. The minimum absolute atomic E-state index is 0.0101. The van der Waals surface area contributed by atoms with E-state index in [1.807, 2.05) is 0 Å². The van der Waals surface area contributed by atoms with E-state index in [1.54, 1.807) is 0 Å². The van der Waals surface area contributed by atoms with Gasteiger partial charge in [0, 0.05) is 6.07 Å². The molecule has 0 saturated heterocycles. The second-order valence-electron chi connectivity index (χ2n) is 3.81. The van der Waals surface area contributed by atoms with Crippen molar-refractivity contribution in [1.82, 2.24) is 0 Å². The maximum atomic E-state index is 13.4. The fourth-order valence-corrected chi connectivity index (χ4v) is 1.51. The third kappa shape index (κ3) is 2.85. The highest BCUT2D eigenvalue weighted by atomic mass is 19.1. The first-order valence-electron chi connectivity index (χ1n) is 5.29. The Hall–Kier alpha value is -2.50. The molecule has 0 aliphatic carbocycles. The van der Waals surface area contributed by atoms with Crippen molar-refractivity contribution in [3.05, 3.63) is 59.4 Å². The molecular formula is C13H9F3N2O. The van der Waals surface area contributed by atoms with Crippen molar-refractivity contribution in [3.8, 4) is 0 Å². The molecule has 19 heavy (non-hydrogen) atoms. The molecule has 3 nitrogen and oxygen atoms in total. The van der Waals surface area contributed by atoms with Gasteiger partial charge in [-0.15, -0.1) is 0 Å². The minimum Gasteiger partial charge on any atom is -0.397 e. The highest BCUT2D eigenvalue weighted by molar-refractivity contribution is 6.05. The van der Waals surface area contributed by atoms with Gasteiger partial charge in [-0.3, -0.25) is 4.79 Å². The van der Waals surface area contributed by atoms with E-state index in [1.165, 1.54) is 6.07 Å². The lowest BCUT2D eigenvalue weighted by atomic mass is 10.2. The van der Waals surface area contributed by atoms with Crippen LogP contribution >= 0.6 is 0 Å². The van der Waals surface area contributed by atoms with Gasteiger partial charge in [-0.1, -0.05) is 0 Å². The van der Waals surface area contributed by atoms with Crippen LogP contribution in [0.5, 0.6) is 0 Å². The van der Waals surface area contributed by atoms with Crippen molar-refractivity contribution < 1.29 is 18.0 Å². The number of carbonyl (C=O) groups excluding carboxylic acids is 1. The molecule has 0 spiro atoms. The lowest BCUT2D eigenvalue weighted by Crippen LogP contribution is -2.15. The third-order valence-corrected chi connectivity index (χ3v) is 2.44. The molecule has 3 N–H and O–H groups in total. The van der Waals surface area contributed by atoms with Crippen LogP contribution in [-0.4, -0.2) is 5.91 Å². The number of amides is 1. The molecule has 0 aliphatic heterocycles. The zero-order valence-corrected chi connectivity index (χ0v) is 9.58. The van der Waals surface area contributed by atoms with Crippen LogP contribution in [-0.2, 0) is 0 Å². The fourth-order valence-electron chi connectivity index (χ4n) is 1.51. The van der Waals surface area contributed by atoms with Crippen molar-refractivity contribution in [1.29, 1.82) is 0 Å². The number of carbonyl (C=O) groups is 1. The summed E-state index contributed by atoms with van der Waals surface area (Å²) >= 11 is 0. The zero-order chi connectivity index (χ0) is 14.0. The summed E-state index contributed by atoms with van der Waals surface area (Å²) in [5.41, 5.74) is 5.33. The van der Waals surface area contributed by atoms with Gasteiger partial charge in [0.1, 0.15) is 17.5 Å². The Kier molecular flexibility index (Phi) is 3.41. The Morgan fingerprint density at radius 3 is 2.26 bits per heavy atom. The van der Waals surface area contributed by atoms with Gasteiger partial charge in [-0.05, 0) is 30.3 Å². The first-order chi connectivity index (χ1) is 8.97. The Labute approximate surface area is 106 Å². The van der Waals surface area contributed by atoms with E-state index in [2.05, 4.69) is 5.32 Å². The Morgan fingerprint density at radius 2 is 1.63 bits per heavy atom. The molecule has 98 valence electrons. The molecule has 0 aromatic heterocycles. The number of halogens is 3. The van der Waals surface area contributed by atoms with Crippen LogP contribution in [0.3, 0.4) is 0 Å². The van der Waals surface area contributed by atoms with Crippen molar-refractivity contribution in [2.24, 2.45) is 0 Å². The first kappa shape index (κ1) is 12.9. The minimum atomic E-state index is -0.988. The number of benzene rings is 2. The number of nitrogens with two attached hydrogens (primary N) is 1. The zero-order valence-electron chi connectivity index (χ0n) is 9.58. The molecule has 0 radical (unpaired) electrons. The first-order valence-corrected chi connectivity index (χ1v) is 5.29. The van der Waals surface area contributed by atoms with Crippen LogP contribution in [0.4, 0.5) is 24.5 Å². The second kappa shape index (κ2) is 5.01. The summed E-state index contributed by atoms with van der Waals surface area (Å²) in [6.45, 7) is 0. The van der Waals surface area contributed by atoms with E-state index < -0.39 is 23.4 Å². The monoisotopic (exact) mass is 266 g/mol. The Morgan fingerprint density at radius 1 is 1.00 bits per heavy atom. The predicted molar refractivity (Wildman–Crippen MR) is 65.1 cm³/mol. The van der Waals surface area contributed by atoms with Gasteiger partial charge in [-0.2, -0.15) is 0 Å². The van der Waals surface area contributed by atoms with Gasteiger partial charge in [0.05, 0.1) is 16.9 Å². The van der Waals surface area contributed by atoms with Gasteiger partial charge in [0.2, 0.25) is 0 Å². The highest BCUT2D eigenvalue weighted by Gasteiger charge is 2.13. The molecule has 1 amide bonds. The Balaban J connectivity index is 2.25. The van der Waals surface area contributed by atoms with E-state index in [0.717, 1.165) is 24.3 Å². The summed E-state index contributed by atoms with van der Waals surface area (Å²) in [5, 5.41) is 2.32. The number of rotatable bonds is 2. The van der Waals surface area contributed by atoms with E-state index in [4.69, 9.17) is 5.73 Å². The van der Waals surface area contributed by atoms with Crippen LogP contribution in [0.15, 0.2) is 36.4 Å². The van der Waals surface area contributed by atoms with Crippen LogP contribution in [0.25, 0.3) is 0 Å². The van der Waals surface area contributed by atoms with Crippen molar-refractivity contribution in [3.63, 3.8) is 0 Å². The van der Waals surface area contributed by atoms with E-state index >= 15 is 0 Å². The average molecular weight is 266 g/mol. The smallest absolute Gasteiger partial charge is 0.258 e. The summed E-state index contributed by atoms with van der Waals surface area (Å²) in [6, 6.07) is 5.96. The van der Waals surface area contributed by atoms with Crippen LogP contribution in [0.1, 0.15) is 10.4 Å². The van der Waals surface area contributed by atoms with Crippen LogP contribution < -0.4 is 11.1 Å². The van der Waals surface area contributed by atoms with Gasteiger partial charge in [0.15, 0.2) is 0 Å². The molecular weight excluding hydrogens is 257 g/mol. The molecule has 0 saturated carbocycles. The number of hydrogen-bond donors (Lipinski definition) is 2. The summed E-state index contributed by atoms with van der Waals surface area (Å²) in [4.78, 5) is 11.8. The van der Waals surface area contributed by atoms with Crippen molar-refractivity contribution in [2.45, 2.75) is 0 Å². The second-order valence-corrected chi connectivity index (χ2v) is 3.81. The molecule has 0 fully saturated rings. The Bertz CT molecular complexity index is 644. The van der Waals surface area contributed by atoms with Crippen LogP contribution in [0, 0.1) is 17.5 Å². The number of hydrogen-bond acceptors (Lipinski definition) is 2. The molecule has 2 aromatic rings. The SMILES string of the molecule is Nc1cc(F)ccc1NC(=O)c1ccc(F)cc1F. The van der Waals surface area contributed by atoms with E-state index in [9.17, 15) is 18.0 Å². The molecule has 6 heteroatoms. The quantitative estimate of drug-likeness (QED) is 0.821. The number of nitrogens with one attached hydrogen (secondary N) is 1. The van der Waals surface area contributed by atoms with Crippen molar-refractivity contribution in [2.75, 3.05) is 11.1 Å². The molecule has 2 rings (SSSR count). The topological polar surface area (TPSA) is 55.1 Å². The lowest BCUT2D eigenvalue weighted by molar-refractivity contribution is 0.102. The van der Waals surface area contributed by atoms with Gasteiger partial charge in [-0.25, -0.2) is 13.2 Å². The fraction of sp³-hybridized carbons (Fsp3) is 0. The summed E-state index contributed by atoms with van der Waals surface area (Å²) in [6.07, 6.45) is 0. The number of anilines is 2. The van der Waals surface area contributed by atoms with Crippen molar-refractivity contribution >= 4 is 17.3 Å². The van der Waals surface area contributed by atoms with E-state index in [-0.39, 0.29) is 16.9 Å². The molecule has 0 bridgehead atoms. The van der Waals surface area contributed by atoms with E-state index in [0.29, 0.717) is 6.07 Å². The van der Waals surface area contributed by atoms with Gasteiger partial charge < -0.3 is 11.1 Å². The van der Waals surface area contributed by atoms with Gasteiger partial charge >= 0.3 is 0 Å². The summed E-state index contributed by atoms with van der Waals surface area (Å²) in [5.74, 6) is -3.12. The standard InChI is InChI=1S/C13H9F3N2O/c14-7-1-3-9(10(16)5-7)13(19)18-12-4-2-8(15)6-11(12)17/h1-6H,17H2,(H,18,19). The third-order valence-electron chi connectivity index (χ3n) is 2.44. The summed E-state index contributed by atoms with van der Waals surface area (Å²) < 4.78 is 38.9. The number of nitrogen functional groups attached to an aromatic ring is 1. The highest BCUT2D eigenvalue weighted by Crippen LogP contribution is 2.20. The summed E-state index contributed by atoms with van der Waals surface area (Å²) in [7, 11) is 0. The lowest BCUT2D eigenvalue weighted by Gasteiger charge is -2.08. The average Bonchev–Trinajstić information content (AvgIpc) is 2.32. The molecule has 2 aromatic carbocycles. The largest absolute Gasteiger partial charge is 0.397 e. The predicted octanol–water partition coefficient (Wildman–Crippen LogP) is 2.94. The molecule has 0 unspecified atom stereocenters. The molecule has 0 aliphatic rings. The van der Waals surface area contributed by atoms with Crippen LogP contribution in [0.2, 0.25) is 0 Å².